The summed E-state index contributed by atoms with van der Waals surface area (Å²) < 4.78 is 1.82. The first kappa shape index (κ1) is 16.8. The minimum atomic E-state index is -0.384. The van der Waals surface area contributed by atoms with Gasteiger partial charge in [-0.2, -0.15) is 5.10 Å². The van der Waals surface area contributed by atoms with Crippen LogP contribution in [0.4, 0.5) is 5.69 Å². The fourth-order valence-corrected chi connectivity index (χ4v) is 2.59. The summed E-state index contributed by atoms with van der Waals surface area (Å²) in [5.74, 6) is 0.315. The molecule has 3 rings (SSSR count). The van der Waals surface area contributed by atoms with Gasteiger partial charge in [-0.1, -0.05) is 13.0 Å². The summed E-state index contributed by atoms with van der Waals surface area (Å²) >= 11 is 0. The Hall–Kier alpha value is -3.09. The molecule has 1 unspecified atom stereocenters. The highest BCUT2D eigenvalue weighted by Crippen LogP contribution is 2.21. The molecule has 0 saturated carbocycles. The van der Waals surface area contributed by atoms with E-state index in [0.29, 0.717) is 19.0 Å². The normalized spacial score (nSPS) is 12.7. The number of aliphatic imine (C=N–C) groups is 1. The zero-order valence-corrected chi connectivity index (χ0v) is 13.9. The molecule has 0 aliphatic heterocycles. The summed E-state index contributed by atoms with van der Waals surface area (Å²) in [6, 6.07) is 10.6. The molecule has 1 atom stereocenters. The van der Waals surface area contributed by atoms with Crippen LogP contribution >= 0.6 is 0 Å². The van der Waals surface area contributed by atoms with Crippen LogP contribution in [0, 0.1) is 16.0 Å². The number of non-ortho nitro benzene ring substituents is 1. The smallest absolute Gasteiger partial charge is 0.271 e. The summed E-state index contributed by atoms with van der Waals surface area (Å²) in [5, 5.41) is 16.2. The Kier molecular flexibility index (Phi) is 5.13. The standard InChI is InChI=1S/C18H19N5O2/c1-14(7-9-19-12-16-4-2-3-8-20-16)13-22-18-10-17(23(24)25)6-5-15(18)11-21-22/h2-6,8-11,14H,7,12-13H2,1H3. The lowest BCUT2D eigenvalue weighted by atomic mass is 10.1. The first-order valence-corrected chi connectivity index (χ1v) is 8.11. The third-order valence-electron chi connectivity index (χ3n) is 3.94. The van der Waals surface area contributed by atoms with Crippen molar-refractivity contribution in [3.8, 4) is 0 Å². The van der Waals surface area contributed by atoms with Crippen molar-refractivity contribution in [1.82, 2.24) is 14.8 Å². The molecule has 0 aliphatic carbocycles. The van der Waals surface area contributed by atoms with Gasteiger partial charge < -0.3 is 0 Å². The minimum absolute atomic E-state index is 0.0822. The maximum Gasteiger partial charge on any atom is 0.271 e. The number of nitro benzene ring substituents is 1. The first-order valence-electron chi connectivity index (χ1n) is 8.11. The molecule has 7 nitrogen and oxygen atoms in total. The number of aromatic nitrogens is 3. The van der Waals surface area contributed by atoms with Gasteiger partial charge in [0, 0.05) is 30.3 Å². The van der Waals surface area contributed by atoms with E-state index < -0.39 is 0 Å². The van der Waals surface area contributed by atoms with Crippen molar-refractivity contribution in [3.63, 3.8) is 0 Å². The summed E-state index contributed by atoms with van der Waals surface area (Å²) in [5.41, 5.74) is 1.81. The van der Waals surface area contributed by atoms with Crippen molar-refractivity contribution in [2.75, 3.05) is 0 Å². The number of nitro groups is 1. The van der Waals surface area contributed by atoms with E-state index in [1.165, 1.54) is 6.07 Å². The lowest BCUT2D eigenvalue weighted by Crippen LogP contribution is -2.09. The average Bonchev–Trinajstić information content (AvgIpc) is 3.02. The molecule has 128 valence electrons. The second-order valence-corrected chi connectivity index (χ2v) is 6.01. The second-order valence-electron chi connectivity index (χ2n) is 6.01. The lowest BCUT2D eigenvalue weighted by Gasteiger charge is -2.09. The van der Waals surface area contributed by atoms with Gasteiger partial charge in [-0.15, -0.1) is 0 Å². The number of hydrogen-bond acceptors (Lipinski definition) is 5. The minimum Gasteiger partial charge on any atom is -0.291 e. The van der Waals surface area contributed by atoms with Crippen LogP contribution in [0.1, 0.15) is 19.0 Å². The van der Waals surface area contributed by atoms with Gasteiger partial charge in [0.2, 0.25) is 0 Å². The SMILES string of the molecule is CC(CC=NCc1ccccn1)Cn1ncc2ccc([N+](=O)[O-])cc21. The van der Waals surface area contributed by atoms with Crippen LogP contribution in [-0.2, 0) is 13.1 Å². The van der Waals surface area contributed by atoms with E-state index in [0.717, 1.165) is 23.0 Å². The summed E-state index contributed by atoms with van der Waals surface area (Å²) in [6.07, 6.45) is 6.22. The quantitative estimate of drug-likeness (QED) is 0.374. The molecule has 0 spiro atoms. The summed E-state index contributed by atoms with van der Waals surface area (Å²) in [7, 11) is 0. The highest BCUT2D eigenvalue weighted by Gasteiger charge is 2.11. The molecule has 0 fully saturated rings. The summed E-state index contributed by atoms with van der Waals surface area (Å²) in [4.78, 5) is 19.2. The Morgan fingerprint density at radius 2 is 2.24 bits per heavy atom. The van der Waals surface area contributed by atoms with Crippen molar-refractivity contribution in [2.24, 2.45) is 10.9 Å². The third-order valence-corrected chi connectivity index (χ3v) is 3.94. The number of benzene rings is 1. The van der Waals surface area contributed by atoms with Crippen LogP contribution < -0.4 is 0 Å². The van der Waals surface area contributed by atoms with E-state index in [1.807, 2.05) is 29.1 Å². The molecule has 0 amide bonds. The summed E-state index contributed by atoms with van der Waals surface area (Å²) in [6.45, 7) is 3.36. The van der Waals surface area contributed by atoms with Crippen LogP contribution in [0.3, 0.4) is 0 Å². The molecule has 7 heteroatoms. The monoisotopic (exact) mass is 337 g/mol. The zero-order chi connectivity index (χ0) is 17.6. The van der Waals surface area contributed by atoms with Crippen molar-refractivity contribution < 1.29 is 4.92 Å². The highest BCUT2D eigenvalue weighted by molar-refractivity contribution is 5.81. The van der Waals surface area contributed by atoms with Crippen LogP contribution in [0.25, 0.3) is 10.9 Å². The zero-order valence-electron chi connectivity index (χ0n) is 13.9. The number of hydrogen-bond donors (Lipinski definition) is 0. The van der Waals surface area contributed by atoms with Crippen molar-refractivity contribution in [2.45, 2.75) is 26.4 Å². The van der Waals surface area contributed by atoms with Gasteiger partial charge in [-0.3, -0.25) is 24.8 Å². The molecule has 0 aliphatic rings. The van der Waals surface area contributed by atoms with Gasteiger partial charge in [-0.05, 0) is 36.8 Å². The predicted octanol–water partition coefficient (Wildman–Crippen LogP) is 3.64. The van der Waals surface area contributed by atoms with Gasteiger partial charge in [0.15, 0.2) is 0 Å². The number of pyridine rings is 1. The highest BCUT2D eigenvalue weighted by atomic mass is 16.6. The molecule has 3 aromatic rings. The topological polar surface area (TPSA) is 86.2 Å². The Morgan fingerprint density at radius 3 is 3.00 bits per heavy atom. The van der Waals surface area contributed by atoms with E-state index in [4.69, 9.17) is 0 Å². The Bertz CT molecular complexity index is 889. The number of nitrogens with zero attached hydrogens (tertiary/aromatic N) is 5. The van der Waals surface area contributed by atoms with Crippen LogP contribution in [0.15, 0.2) is 53.8 Å². The maximum absolute atomic E-state index is 10.9. The van der Waals surface area contributed by atoms with E-state index in [1.54, 1.807) is 24.5 Å². The molecule has 2 heterocycles. The van der Waals surface area contributed by atoms with Crippen LogP contribution in [0.5, 0.6) is 0 Å². The number of fused-ring (bicyclic) bond motifs is 1. The molecule has 25 heavy (non-hydrogen) atoms. The molecule has 0 N–H and O–H groups in total. The second kappa shape index (κ2) is 7.65. The van der Waals surface area contributed by atoms with Gasteiger partial charge in [0.25, 0.3) is 5.69 Å². The first-order chi connectivity index (χ1) is 12.1. The average molecular weight is 337 g/mol. The molecular weight excluding hydrogens is 318 g/mol. The maximum atomic E-state index is 10.9. The van der Waals surface area contributed by atoms with Crippen LogP contribution in [-0.4, -0.2) is 25.9 Å². The van der Waals surface area contributed by atoms with Gasteiger partial charge in [0.1, 0.15) is 0 Å². The third kappa shape index (κ3) is 4.26. The number of rotatable bonds is 7. The van der Waals surface area contributed by atoms with Crippen LogP contribution in [0.2, 0.25) is 0 Å². The van der Waals surface area contributed by atoms with Gasteiger partial charge in [-0.25, -0.2) is 0 Å². The molecule has 0 bridgehead atoms. The largest absolute Gasteiger partial charge is 0.291 e. The van der Waals surface area contributed by atoms with E-state index in [2.05, 4.69) is 22.0 Å². The Labute approximate surface area is 145 Å². The molecular formula is C18H19N5O2. The van der Waals surface area contributed by atoms with E-state index in [9.17, 15) is 10.1 Å². The predicted molar refractivity (Wildman–Crippen MR) is 96.6 cm³/mol. The van der Waals surface area contributed by atoms with Crippen molar-refractivity contribution in [1.29, 1.82) is 0 Å². The Morgan fingerprint density at radius 1 is 1.36 bits per heavy atom. The molecule has 0 radical (unpaired) electrons. The molecule has 1 aromatic carbocycles. The lowest BCUT2D eigenvalue weighted by molar-refractivity contribution is -0.384. The molecule has 0 saturated heterocycles. The van der Waals surface area contributed by atoms with E-state index >= 15 is 0 Å². The van der Waals surface area contributed by atoms with Gasteiger partial charge in [0.05, 0.1) is 28.9 Å². The Balaban J connectivity index is 1.61. The van der Waals surface area contributed by atoms with E-state index in [-0.39, 0.29) is 10.6 Å². The van der Waals surface area contributed by atoms with Gasteiger partial charge >= 0.3 is 0 Å². The van der Waals surface area contributed by atoms with Crippen molar-refractivity contribution >= 4 is 22.8 Å². The fourth-order valence-electron chi connectivity index (χ4n) is 2.59. The fraction of sp³-hybridized carbons (Fsp3) is 0.278. The molecule has 2 aromatic heterocycles. The van der Waals surface area contributed by atoms with Crippen molar-refractivity contribution in [3.05, 3.63) is 64.6 Å².